The van der Waals surface area contributed by atoms with E-state index in [0.29, 0.717) is 12.6 Å². The van der Waals surface area contributed by atoms with Gasteiger partial charge in [0.25, 0.3) is 0 Å². The molecule has 158 valence electrons. The van der Waals surface area contributed by atoms with Crippen LogP contribution in [0.3, 0.4) is 0 Å². The maximum atomic E-state index is 12.2. The van der Waals surface area contributed by atoms with Crippen LogP contribution in [-0.2, 0) is 10.8 Å². The van der Waals surface area contributed by atoms with Gasteiger partial charge in [-0.15, -0.1) is 0 Å². The summed E-state index contributed by atoms with van der Waals surface area (Å²) in [6, 6.07) is 10.1. The molecule has 1 saturated carbocycles. The predicted octanol–water partition coefficient (Wildman–Crippen LogP) is 3.37. The van der Waals surface area contributed by atoms with E-state index in [1.807, 2.05) is 48.1 Å². The molecule has 2 N–H and O–H groups in total. The van der Waals surface area contributed by atoms with Crippen molar-refractivity contribution in [2.75, 3.05) is 19.3 Å². The van der Waals surface area contributed by atoms with E-state index < -0.39 is 10.8 Å². The van der Waals surface area contributed by atoms with Crippen molar-refractivity contribution in [3.8, 4) is 0 Å². The van der Waals surface area contributed by atoms with Gasteiger partial charge in [-0.1, -0.05) is 37.1 Å². The van der Waals surface area contributed by atoms with Crippen LogP contribution in [0.1, 0.15) is 44.2 Å². The summed E-state index contributed by atoms with van der Waals surface area (Å²) in [5, 5.41) is 12.4. The monoisotopic (exact) mass is 435 g/mol. The van der Waals surface area contributed by atoms with Gasteiger partial charge in [-0.3, -0.25) is 13.9 Å². The summed E-state index contributed by atoms with van der Waals surface area (Å²) in [6.07, 6.45) is 7.92. The summed E-state index contributed by atoms with van der Waals surface area (Å²) in [5.74, 6) is 1.50. The van der Waals surface area contributed by atoms with Gasteiger partial charge in [0, 0.05) is 58.9 Å². The first-order chi connectivity index (χ1) is 14.1. The van der Waals surface area contributed by atoms with Gasteiger partial charge in [-0.25, -0.2) is 0 Å². The van der Waals surface area contributed by atoms with Gasteiger partial charge < -0.3 is 10.6 Å². The third-order valence-electron chi connectivity index (χ3n) is 5.41. The molecule has 1 fully saturated rings. The SMILES string of the molecule is CCS(=O)C1CCCC(NC(=NC)NCC(c2ccc(Cl)cc2)n2cccn2)C1. The third-order valence-corrected chi connectivity index (χ3v) is 7.40. The van der Waals surface area contributed by atoms with Crippen LogP contribution in [0.5, 0.6) is 0 Å². The molecule has 1 heterocycles. The molecule has 0 amide bonds. The fourth-order valence-electron chi connectivity index (χ4n) is 3.85. The molecule has 1 aliphatic rings. The molecule has 0 radical (unpaired) electrons. The van der Waals surface area contributed by atoms with E-state index in [0.717, 1.165) is 48.0 Å². The first-order valence-corrected chi connectivity index (χ1v) is 12.0. The zero-order valence-corrected chi connectivity index (χ0v) is 18.6. The Kier molecular flexibility index (Phi) is 8.12. The van der Waals surface area contributed by atoms with Crippen LogP contribution in [0.25, 0.3) is 0 Å². The van der Waals surface area contributed by atoms with Crippen molar-refractivity contribution in [1.29, 1.82) is 0 Å². The van der Waals surface area contributed by atoms with Crippen molar-refractivity contribution in [2.24, 2.45) is 4.99 Å². The normalized spacial score (nSPS) is 22.1. The average Bonchev–Trinajstić information content (AvgIpc) is 3.28. The molecular formula is C21H30ClN5OS. The smallest absolute Gasteiger partial charge is 0.191 e. The van der Waals surface area contributed by atoms with E-state index >= 15 is 0 Å². The lowest BCUT2D eigenvalue weighted by atomic mass is 9.95. The summed E-state index contributed by atoms with van der Waals surface area (Å²) in [6.45, 7) is 2.64. The number of halogens is 1. The summed E-state index contributed by atoms with van der Waals surface area (Å²) < 4.78 is 14.1. The molecule has 4 unspecified atom stereocenters. The number of hydrogen-bond donors (Lipinski definition) is 2. The number of rotatable bonds is 7. The summed E-state index contributed by atoms with van der Waals surface area (Å²) >= 11 is 6.06. The fraction of sp³-hybridized carbons (Fsp3) is 0.524. The van der Waals surface area contributed by atoms with Crippen molar-refractivity contribution in [3.63, 3.8) is 0 Å². The summed E-state index contributed by atoms with van der Waals surface area (Å²) in [7, 11) is 1.05. The molecule has 1 aromatic carbocycles. The van der Waals surface area contributed by atoms with E-state index in [-0.39, 0.29) is 11.3 Å². The molecule has 0 bridgehead atoms. The Morgan fingerprint density at radius 2 is 2.17 bits per heavy atom. The van der Waals surface area contributed by atoms with Gasteiger partial charge in [0.15, 0.2) is 5.96 Å². The topological polar surface area (TPSA) is 71.3 Å². The Hall–Kier alpha value is -1.86. The van der Waals surface area contributed by atoms with Crippen molar-refractivity contribution in [3.05, 3.63) is 53.3 Å². The van der Waals surface area contributed by atoms with E-state index in [2.05, 4.69) is 20.7 Å². The van der Waals surface area contributed by atoms with Crippen LogP contribution >= 0.6 is 11.6 Å². The van der Waals surface area contributed by atoms with Crippen LogP contribution in [0.2, 0.25) is 5.02 Å². The van der Waals surface area contributed by atoms with E-state index in [4.69, 9.17) is 11.6 Å². The minimum Gasteiger partial charge on any atom is -0.354 e. The Labute approximate surface area is 180 Å². The van der Waals surface area contributed by atoms with Crippen LogP contribution in [0.4, 0.5) is 0 Å². The standard InChI is InChI=1S/C21H30ClN5OS/c1-3-29(28)19-7-4-6-18(14-19)26-21(23-2)24-15-20(27-13-5-12-25-27)16-8-10-17(22)11-9-16/h5,8-13,18-20H,3-4,6-7,14-15H2,1-2H3,(H2,23,24,26). The lowest BCUT2D eigenvalue weighted by molar-refractivity contribution is 0.411. The molecule has 2 aromatic rings. The van der Waals surface area contributed by atoms with Gasteiger partial charge in [0.2, 0.25) is 0 Å². The van der Waals surface area contributed by atoms with Gasteiger partial charge in [-0.05, 0) is 43.0 Å². The largest absolute Gasteiger partial charge is 0.354 e. The fourth-order valence-corrected chi connectivity index (χ4v) is 5.32. The van der Waals surface area contributed by atoms with Gasteiger partial charge >= 0.3 is 0 Å². The minimum absolute atomic E-state index is 0.0208. The highest BCUT2D eigenvalue weighted by Crippen LogP contribution is 2.23. The summed E-state index contributed by atoms with van der Waals surface area (Å²) in [5.41, 5.74) is 1.12. The molecule has 8 heteroatoms. The zero-order chi connectivity index (χ0) is 20.6. The predicted molar refractivity (Wildman–Crippen MR) is 121 cm³/mol. The quantitative estimate of drug-likeness (QED) is 0.516. The van der Waals surface area contributed by atoms with Gasteiger partial charge in [0.1, 0.15) is 0 Å². The third kappa shape index (κ3) is 6.06. The maximum Gasteiger partial charge on any atom is 0.191 e. The number of aromatic nitrogens is 2. The lowest BCUT2D eigenvalue weighted by Crippen LogP contribution is -2.47. The molecule has 0 saturated heterocycles. The molecule has 1 aliphatic carbocycles. The van der Waals surface area contributed by atoms with Crippen LogP contribution in [0, 0.1) is 0 Å². The number of nitrogens with one attached hydrogen (secondary N) is 2. The van der Waals surface area contributed by atoms with Gasteiger partial charge in [-0.2, -0.15) is 5.10 Å². The number of aliphatic imine (C=N–C) groups is 1. The summed E-state index contributed by atoms with van der Waals surface area (Å²) in [4.78, 5) is 4.40. The highest BCUT2D eigenvalue weighted by atomic mass is 35.5. The first-order valence-electron chi connectivity index (χ1n) is 10.2. The van der Waals surface area contributed by atoms with E-state index in [1.165, 1.54) is 0 Å². The first kappa shape index (κ1) is 21.8. The Morgan fingerprint density at radius 1 is 1.38 bits per heavy atom. The van der Waals surface area contributed by atoms with Crippen LogP contribution < -0.4 is 10.6 Å². The molecule has 0 aliphatic heterocycles. The van der Waals surface area contributed by atoms with Gasteiger partial charge in [0.05, 0.1) is 6.04 Å². The molecule has 6 nitrogen and oxygen atoms in total. The second-order valence-electron chi connectivity index (χ2n) is 7.31. The Bertz CT molecular complexity index is 809. The molecule has 1 aromatic heterocycles. The molecule has 4 atom stereocenters. The second kappa shape index (κ2) is 10.8. The van der Waals surface area contributed by atoms with Crippen molar-refractivity contribution in [1.82, 2.24) is 20.4 Å². The number of nitrogens with zero attached hydrogens (tertiary/aromatic N) is 3. The van der Waals surface area contributed by atoms with Crippen LogP contribution in [0.15, 0.2) is 47.7 Å². The van der Waals surface area contributed by atoms with Crippen molar-refractivity contribution >= 4 is 28.4 Å². The highest BCUT2D eigenvalue weighted by molar-refractivity contribution is 7.85. The number of guanidine groups is 1. The number of hydrogen-bond acceptors (Lipinski definition) is 3. The second-order valence-corrected chi connectivity index (χ2v) is 9.75. The highest BCUT2D eigenvalue weighted by Gasteiger charge is 2.26. The van der Waals surface area contributed by atoms with Crippen LogP contribution in [-0.4, -0.2) is 50.6 Å². The lowest BCUT2D eigenvalue weighted by Gasteiger charge is -2.30. The average molecular weight is 436 g/mol. The van der Waals surface area contributed by atoms with Crippen molar-refractivity contribution in [2.45, 2.75) is 49.9 Å². The molecular weight excluding hydrogens is 406 g/mol. The van der Waals surface area contributed by atoms with Crippen molar-refractivity contribution < 1.29 is 4.21 Å². The molecule has 0 spiro atoms. The maximum absolute atomic E-state index is 12.2. The molecule has 3 rings (SSSR count). The Balaban J connectivity index is 1.63. The number of benzene rings is 1. The van der Waals surface area contributed by atoms with E-state index in [9.17, 15) is 4.21 Å². The molecule has 29 heavy (non-hydrogen) atoms. The van der Waals surface area contributed by atoms with E-state index in [1.54, 1.807) is 13.2 Å². The minimum atomic E-state index is -0.732. The zero-order valence-electron chi connectivity index (χ0n) is 17.1. The Morgan fingerprint density at radius 3 is 2.83 bits per heavy atom.